The van der Waals surface area contributed by atoms with Crippen LogP contribution in [0, 0.1) is 5.92 Å². The Morgan fingerprint density at radius 1 is 0.636 bits per heavy atom. The van der Waals surface area contributed by atoms with Crippen LogP contribution in [-0.4, -0.2) is 57.3 Å². The first kappa shape index (κ1) is 33.5. The van der Waals surface area contributed by atoms with E-state index in [0.29, 0.717) is 25.9 Å². The Morgan fingerprint density at radius 3 is 1.86 bits per heavy atom. The minimum Gasteiger partial charge on any atom is -0.449 e. The molecule has 12 heteroatoms. The molecule has 4 N–H and O–H groups in total. The molecule has 1 aliphatic carbocycles. The SMILES string of the molecule is O=C(NCc1cccc(CNC(=O)OCCCOC(=O)NCC2C=CC=CC2)c1)OCCCNC(=O)OCc1ccccc1. The normalized spacial score (nSPS) is 13.3. The number of alkyl carbamates (subject to hydrolysis) is 4. The summed E-state index contributed by atoms with van der Waals surface area (Å²) in [4.78, 5) is 47.5. The van der Waals surface area contributed by atoms with Gasteiger partial charge in [-0.25, -0.2) is 19.2 Å². The van der Waals surface area contributed by atoms with E-state index in [9.17, 15) is 19.2 Å². The number of ether oxygens (including phenoxy) is 4. The molecule has 0 aliphatic heterocycles. The molecule has 1 unspecified atom stereocenters. The van der Waals surface area contributed by atoms with Gasteiger partial charge in [0.2, 0.25) is 0 Å². The van der Waals surface area contributed by atoms with Crippen molar-refractivity contribution in [2.45, 2.75) is 39.0 Å². The average Bonchev–Trinajstić information content (AvgIpc) is 3.05. The van der Waals surface area contributed by atoms with Crippen molar-refractivity contribution in [3.05, 3.63) is 95.6 Å². The minimum absolute atomic E-state index is 0.107. The highest BCUT2D eigenvalue weighted by atomic mass is 16.6. The molecule has 3 rings (SSSR count). The number of hydrogen-bond donors (Lipinski definition) is 4. The van der Waals surface area contributed by atoms with Gasteiger partial charge in [-0.1, -0.05) is 78.9 Å². The van der Waals surface area contributed by atoms with Crippen molar-refractivity contribution >= 4 is 24.4 Å². The summed E-state index contributed by atoms with van der Waals surface area (Å²) in [5.74, 6) is 0.267. The summed E-state index contributed by atoms with van der Waals surface area (Å²) >= 11 is 0. The van der Waals surface area contributed by atoms with E-state index < -0.39 is 24.4 Å². The molecule has 12 nitrogen and oxygen atoms in total. The summed E-state index contributed by atoms with van der Waals surface area (Å²) in [5.41, 5.74) is 2.54. The van der Waals surface area contributed by atoms with Gasteiger partial charge in [0.05, 0.1) is 19.8 Å². The molecule has 236 valence electrons. The summed E-state index contributed by atoms with van der Waals surface area (Å²) < 4.78 is 20.5. The van der Waals surface area contributed by atoms with E-state index in [1.54, 1.807) is 0 Å². The van der Waals surface area contributed by atoms with Gasteiger partial charge < -0.3 is 40.2 Å². The Hall–Kier alpha value is -5.00. The summed E-state index contributed by atoms with van der Waals surface area (Å²) in [5, 5.41) is 10.7. The molecule has 2 aromatic carbocycles. The van der Waals surface area contributed by atoms with Gasteiger partial charge in [-0.15, -0.1) is 0 Å². The Balaban J connectivity index is 1.17. The number of amides is 4. The second kappa shape index (κ2) is 20.0. The fourth-order valence-corrected chi connectivity index (χ4v) is 3.94. The highest BCUT2D eigenvalue weighted by Gasteiger charge is 2.09. The van der Waals surface area contributed by atoms with E-state index in [2.05, 4.69) is 21.3 Å². The van der Waals surface area contributed by atoms with E-state index >= 15 is 0 Å². The molecule has 44 heavy (non-hydrogen) atoms. The largest absolute Gasteiger partial charge is 0.449 e. The highest BCUT2D eigenvalue weighted by molar-refractivity contribution is 5.68. The molecule has 1 aliphatic rings. The van der Waals surface area contributed by atoms with E-state index in [-0.39, 0.29) is 45.4 Å². The second-order valence-electron chi connectivity index (χ2n) is 9.82. The molecule has 0 bridgehead atoms. The molecule has 0 saturated heterocycles. The molecule has 0 spiro atoms. The van der Waals surface area contributed by atoms with Crippen LogP contribution < -0.4 is 21.3 Å². The lowest BCUT2D eigenvalue weighted by atomic mass is 10.0. The third-order valence-electron chi connectivity index (χ3n) is 6.23. The average molecular weight is 609 g/mol. The number of allylic oxidation sites excluding steroid dienone is 3. The summed E-state index contributed by atoms with van der Waals surface area (Å²) in [7, 11) is 0. The van der Waals surface area contributed by atoms with E-state index in [1.807, 2.05) is 78.9 Å². The number of benzene rings is 2. The Labute approximate surface area is 257 Å². The van der Waals surface area contributed by atoms with Crippen LogP contribution in [0.15, 0.2) is 78.9 Å². The predicted octanol–water partition coefficient (Wildman–Crippen LogP) is 4.70. The number of carbonyl (C=O) groups excluding carboxylic acids is 4. The van der Waals surface area contributed by atoms with Crippen molar-refractivity contribution in [2.75, 3.05) is 32.9 Å². The second-order valence-corrected chi connectivity index (χ2v) is 9.82. The molecule has 2 aromatic rings. The molecule has 0 saturated carbocycles. The van der Waals surface area contributed by atoms with Gasteiger partial charge in [-0.05, 0) is 35.4 Å². The third kappa shape index (κ3) is 14.8. The lowest BCUT2D eigenvalue weighted by Crippen LogP contribution is -2.30. The third-order valence-corrected chi connectivity index (χ3v) is 6.23. The van der Waals surface area contributed by atoms with Crippen LogP contribution in [0.4, 0.5) is 19.2 Å². The van der Waals surface area contributed by atoms with Crippen molar-refractivity contribution in [2.24, 2.45) is 5.92 Å². The summed E-state index contributed by atoms with van der Waals surface area (Å²) in [6.45, 7) is 1.85. The fraction of sp³-hybridized carbons (Fsp3) is 0.375. The molecule has 0 radical (unpaired) electrons. The van der Waals surface area contributed by atoms with Crippen molar-refractivity contribution in [1.29, 1.82) is 0 Å². The van der Waals surface area contributed by atoms with Crippen molar-refractivity contribution < 1.29 is 38.1 Å². The smallest absolute Gasteiger partial charge is 0.407 e. The van der Waals surface area contributed by atoms with Crippen LogP contribution >= 0.6 is 0 Å². The van der Waals surface area contributed by atoms with Gasteiger partial charge in [-0.2, -0.15) is 0 Å². The van der Waals surface area contributed by atoms with Crippen LogP contribution in [0.3, 0.4) is 0 Å². The van der Waals surface area contributed by atoms with Gasteiger partial charge in [0.15, 0.2) is 0 Å². The van der Waals surface area contributed by atoms with E-state index in [4.69, 9.17) is 18.9 Å². The van der Waals surface area contributed by atoms with Gasteiger partial charge in [0.25, 0.3) is 0 Å². The van der Waals surface area contributed by atoms with Crippen molar-refractivity contribution in [3.8, 4) is 0 Å². The van der Waals surface area contributed by atoms with Crippen molar-refractivity contribution in [1.82, 2.24) is 21.3 Å². The van der Waals surface area contributed by atoms with Crippen LogP contribution in [0.25, 0.3) is 0 Å². The molecular formula is C32H40N4O8. The first-order valence-corrected chi connectivity index (χ1v) is 14.6. The maximum atomic E-state index is 12.0. The zero-order chi connectivity index (χ0) is 31.2. The van der Waals surface area contributed by atoms with Gasteiger partial charge in [0.1, 0.15) is 6.61 Å². The zero-order valence-electron chi connectivity index (χ0n) is 24.6. The predicted molar refractivity (Wildman–Crippen MR) is 162 cm³/mol. The Bertz CT molecular complexity index is 1250. The lowest BCUT2D eigenvalue weighted by Gasteiger charge is -2.14. The van der Waals surface area contributed by atoms with Crippen molar-refractivity contribution in [3.63, 3.8) is 0 Å². The quantitative estimate of drug-likeness (QED) is 0.158. The molecule has 4 amide bonds. The van der Waals surface area contributed by atoms with Crippen LogP contribution in [0.5, 0.6) is 0 Å². The first-order valence-electron chi connectivity index (χ1n) is 14.6. The number of hydrogen-bond acceptors (Lipinski definition) is 8. The molecular weight excluding hydrogens is 568 g/mol. The maximum absolute atomic E-state index is 12.0. The Morgan fingerprint density at radius 2 is 1.23 bits per heavy atom. The molecule has 0 fully saturated rings. The van der Waals surface area contributed by atoms with E-state index in [0.717, 1.165) is 23.1 Å². The van der Waals surface area contributed by atoms with Gasteiger partial charge >= 0.3 is 24.4 Å². The van der Waals surface area contributed by atoms with Crippen LogP contribution in [-0.2, 0) is 38.6 Å². The van der Waals surface area contributed by atoms with Crippen LogP contribution in [0.1, 0.15) is 36.0 Å². The van der Waals surface area contributed by atoms with Gasteiger partial charge in [0, 0.05) is 32.6 Å². The lowest BCUT2D eigenvalue weighted by molar-refractivity contribution is 0.118. The Kier molecular flexibility index (Phi) is 15.2. The number of carbonyl (C=O) groups is 4. The highest BCUT2D eigenvalue weighted by Crippen LogP contribution is 2.10. The standard InChI is InChI=1S/C32H40N4O8/c37-29(44-24-26-12-5-2-6-13-26)33-16-8-17-41-31(39)35-22-27-14-7-15-28(20-27)23-36-32(40)43-19-9-18-42-30(38)34-21-25-10-3-1-4-11-25/h1-7,10,12-15,20,25H,8-9,11,16-19,21-24H2,(H,33,37)(H,34,38)(H,35,39)(H,36,40). The molecule has 1 atom stereocenters. The van der Waals surface area contributed by atoms with Gasteiger partial charge in [-0.3, -0.25) is 0 Å². The fourth-order valence-electron chi connectivity index (χ4n) is 3.94. The van der Waals surface area contributed by atoms with Crippen LogP contribution in [0.2, 0.25) is 0 Å². The molecule has 0 aromatic heterocycles. The maximum Gasteiger partial charge on any atom is 0.407 e. The summed E-state index contributed by atoms with van der Waals surface area (Å²) in [6.07, 6.45) is 7.52. The number of nitrogens with one attached hydrogen (secondary N) is 4. The topological polar surface area (TPSA) is 153 Å². The molecule has 0 heterocycles. The summed E-state index contributed by atoms with van der Waals surface area (Å²) in [6, 6.07) is 16.7. The zero-order valence-corrected chi connectivity index (χ0v) is 24.6. The van der Waals surface area contributed by atoms with E-state index in [1.165, 1.54) is 0 Å². The monoisotopic (exact) mass is 608 g/mol. The minimum atomic E-state index is -0.586. The first-order chi connectivity index (χ1) is 21.5. The number of rotatable bonds is 16.